The number of pyridine rings is 1. The van der Waals surface area contributed by atoms with Gasteiger partial charge in [-0.15, -0.1) is 0 Å². The van der Waals surface area contributed by atoms with Crippen molar-refractivity contribution in [3.8, 4) is 0 Å². The average molecular weight is 327 g/mol. The van der Waals surface area contributed by atoms with E-state index in [1.165, 1.54) is 12.8 Å². The Labute approximate surface area is 121 Å². The molecule has 1 heterocycles. The third-order valence-corrected chi connectivity index (χ3v) is 4.46. The monoisotopic (exact) mass is 326 g/mol. The van der Waals surface area contributed by atoms with Crippen molar-refractivity contribution in [2.24, 2.45) is 11.8 Å². The fourth-order valence-electron chi connectivity index (χ4n) is 2.67. The molecule has 1 aromatic rings. The first-order chi connectivity index (χ1) is 9.22. The SMILES string of the molecule is O=C(NCC1CCCCC1CO)c1cccnc1Br. The number of aromatic nitrogens is 1. The van der Waals surface area contributed by atoms with Crippen molar-refractivity contribution in [3.05, 3.63) is 28.5 Å². The maximum Gasteiger partial charge on any atom is 0.254 e. The molecule has 0 aliphatic heterocycles. The lowest BCUT2D eigenvalue weighted by Crippen LogP contribution is -2.35. The molecule has 0 spiro atoms. The van der Waals surface area contributed by atoms with Gasteiger partial charge in [-0.2, -0.15) is 0 Å². The van der Waals surface area contributed by atoms with Crippen LogP contribution in [0, 0.1) is 11.8 Å². The molecule has 2 N–H and O–H groups in total. The number of aliphatic hydroxyl groups excluding tert-OH is 1. The topological polar surface area (TPSA) is 62.2 Å². The second-order valence-corrected chi connectivity index (χ2v) is 5.79. The first kappa shape index (κ1) is 14.5. The van der Waals surface area contributed by atoms with Gasteiger partial charge in [0.15, 0.2) is 0 Å². The van der Waals surface area contributed by atoms with E-state index in [0.717, 1.165) is 12.8 Å². The van der Waals surface area contributed by atoms with Gasteiger partial charge in [0.05, 0.1) is 5.56 Å². The number of aliphatic hydroxyl groups is 1. The molecule has 2 atom stereocenters. The Hall–Kier alpha value is -0.940. The van der Waals surface area contributed by atoms with Crippen LogP contribution in [0.1, 0.15) is 36.0 Å². The second-order valence-electron chi connectivity index (χ2n) is 5.04. The third-order valence-electron chi connectivity index (χ3n) is 3.83. The lowest BCUT2D eigenvalue weighted by molar-refractivity contribution is 0.0908. The summed E-state index contributed by atoms with van der Waals surface area (Å²) < 4.78 is 0.565. The van der Waals surface area contributed by atoms with E-state index in [9.17, 15) is 9.90 Å². The molecular formula is C14H19BrN2O2. The van der Waals surface area contributed by atoms with Crippen LogP contribution in [-0.2, 0) is 0 Å². The fourth-order valence-corrected chi connectivity index (χ4v) is 3.10. The second kappa shape index (κ2) is 7.01. The normalized spacial score (nSPS) is 23.1. The summed E-state index contributed by atoms with van der Waals surface area (Å²) in [5, 5.41) is 12.3. The third kappa shape index (κ3) is 3.76. The highest BCUT2D eigenvalue weighted by atomic mass is 79.9. The molecule has 0 radical (unpaired) electrons. The number of amides is 1. The molecule has 0 bridgehead atoms. The van der Waals surface area contributed by atoms with Crippen LogP contribution in [0.4, 0.5) is 0 Å². The minimum atomic E-state index is -0.109. The number of halogens is 1. The van der Waals surface area contributed by atoms with E-state index >= 15 is 0 Å². The van der Waals surface area contributed by atoms with Crippen LogP contribution in [0.2, 0.25) is 0 Å². The number of carbonyl (C=O) groups is 1. The predicted octanol–water partition coefficient (Wildman–Crippen LogP) is 2.37. The Bertz CT molecular complexity index is 439. The summed E-state index contributed by atoms with van der Waals surface area (Å²) in [7, 11) is 0. The number of hydrogen-bond acceptors (Lipinski definition) is 3. The van der Waals surface area contributed by atoms with E-state index in [4.69, 9.17) is 0 Å². The Morgan fingerprint density at radius 3 is 2.84 bits per heavy atom. The predicted molar refractivity (Wildman–Crippen MR) is 76.8 cm³/mol. The first-order valence-corrected chi connectivity index (χ1v) is 7.51. The van der Waals surface area contributed by atoms with Gasteiger partial charge in [0.25, 0.3) is 5.91 Å². The quantitative estimate of drug-likeness (QED) is 0.835. The van der Waals surface area contributed by atoms with E-state index in [-0.39, 0.29) is 12.5 Å². The number of nitrogens with one attached hydrogen (secondary N) is 1. The van der Waals surface area contributed by atoms with Crippen LogP contribution in [0.15, 0.2) is 22.9 Å². The van der Waals surface area contributed by atoms with Crippen LogP contribution >= 0.6 is 15.9 Å². The summed E-state index contributed by atoms with van der Waals surface area (Å²) in [6.07, 6.45) is 6.16. The van der Waals surface area contributed by atoms with E-state index in [2.05, 4.69) is 26.2 Å². The Morgan fingerprint density at radius 2 is 2.16 bits per heavy atom. The summed E-state index contributed by atoms with van der Waals surface area (Å²) >= 11 is 3.28. The van der Waals surface area contributed by atoms with Gasteiger partial charge in [0, 0.05) is 19.3 Å². The summed E-state index contributed by atoms with van der Waals surface area (Å²) in [5.41, 5.74) is 0.554. The van der Waals surface area contributed by atoms with Crippen molar-refractivity contribution in [3.63, 3.8) is 0 Å². The molecule has 1 aliphatic rings. The van der Waals surface area contributed by atoms with Crippen LogP contribution in [-0.4, -0.2) is 29.1 Å². The summed E-state index contributed by atoms with van der Waals surface area (Å²) in [6, 6.07) is 3.49. The zero-order chi connectivity index (χ0) is 13.7. The molecule has 1 saturated carbocycles. The highest BCUT2D eigenvalue weighted by Crippen LogP contribution is 2.29. The number of hydrogen-bond donors (Lipinski definition) is 2. The number of rotatable bonds is 4. The molecule has 0 saturated heterocycles. The van der Waals surface area contributed by atoms with Crippen molar-refractivity contribution in [1.82, 2.24) is 10.3 Å². The van der Waals surface area contributed by atoms with Crippen LogP contribution in [0.3, 0.4) is 0 Å². The lowest BCUT2D eigenvalue weighted by Gasteiger charge is -2.30. The molecule has 1 aliphatic carbocycles. The number of carbonyl (C=O) groups excluding carboxylic acids is 1. The maximum atomic E-state index is 12.1. The fraction of sp³-hybridized carbons (Fsp3) is 0.571. The molecular weight excluding hydrogens is 308 g/mol. The van der Waals surface area contributed by atoms with Gasteiger partial charge in [-0.25, -0.2) is 4.98 Å². The zero-order valence-corrected chi connectivity index (χ0v) is 12.4. The van der Waals surface area contributed by atoms with Crippen molar-refractivity contribution < 1.29 is 9.90 Å². The van der Waals surface area contributed by atoms with Gasteiger partial charge in [-0.3, -0.25) is 4.79 Å². The van der Waals surface area contributed by atoms with Gasteiger partial charge < -0.3 is 10.4 Å². The highest BCUT2D eigenvalue weighted by Gasteiger charge is 2.25. The molecule has 0 aromatic carbocycles. The van der Waals surface area contributed by atoms with Crippen LogP contribution < -0.4 is 5.32 Å². The smallest absolute Gasteiger partial charge is 0.254 e. The van der Waals surface area contributed by atoms with Crippen LogP contribution in [0.25, 0.3) is 0 Å². The standard InChI is InChI=1S/C14H19BrN2O2/c15-13-12(6-3-7-16-13)14(19)17-8-10-4-1-2-5-11(10)9-18/h3,6-7,10-11,18H,1-2,4-5,8-9H2,(H,17,19). The molecule has 4 nitrogen and oxygen atoms in total. The minimum Gasteiger partial charge on any atom is -0.396 e. The minimum absolute atomic E-state index is 0.109. The number of nitrogens with zero attached hydrogens (tertiary/aromatic N) is 1. The van der Waals surface area contributed by atoms with Crippen LogP contribution in [0.5, 0.6) is 0 Å². The molecule has 2 rings (SSSR count). The molecule has 19 heavy (non-hydrogen) atoms. The van der Waals surface area contributed by atoms with Gasteiger partial charge in [-0.1, -0.05) is 12.8 Å². The zero-order valence-electron chi connectivity index (χ0n) is 10.8. The Balaban J connectivity index is 1.91. The molecule has 104 valence electrons. The highest BCUT2D eigenvalue weighted by molar-refractivity contribution is 9.10. The van der Waals surface area contributed by atoms with E-state index in [0.29, 0.717) is 28.5 Å². The molecule has 1 fully saturated rings. The summed E-state index contributed by atoms with van der Waals surface area (Å²) in [4.78, 5) is 16.1. The largest absolute Gasteiger partial charge is 0.396 e. The van der Waals surface area contributed by atoms with Gasteiger partial charge in [-0.05, 0) is 52.7 Å². The maximum absolute atomic E-state index is 12.1. The average Bonchev–Trinajstić information content (AvgIpc) is 2.45. The molecule has 1 amide bonds. The van der Waals surface area contributed by atoms with Gasteiger partial charge >= 0.3 is 0 Å². The Kier molecular flexibility index (Phi) is 5.34. The summed E-state index contributed by atoms with van der Waals surface area (Å²) in [5.74, 6) is 0.603. The first-order valence-electron chi connectivity index (χ1n) is 6.72. The van der Waals surface area contributed by atoms with Gasteiger partial charge in [0.1, 0.15) is 4.60 Å². The summed E-state index contributed by atoms with van der Waals surface area (Å²) in [6.45, 7) is 0.850. The van der Waals surface area contributed by atoms with Crippen molar-refractivity contribution >= 4 is 21.8 Å². The van der Waals surface area contributed by atoms with E-state index in [1.807, 2.05) is 0 Å². The van der Waals surface area contributed by atoms with E-state index < -0.39 is 0 Å². The van der Waals surface area contributed by atoms with Crippen molar-refractivity contribution in [2.75, 3.05) is 13.2 Å². The lowest BCUT2D eigenvalue weighted by atomic mass is 9.79. The molecule has 5 heteroatoms. The van der Waals surface area contributed by atoms with E-state index in [1.54, 1.807) is 18.3 Å². The van der Waals surface area contributed by atoms with Gasteiger partial charge in [0.2, 0.25) is 0 Å². The molecule has 1 aromatic heterocycles. The van der Waals surface area contributed by atoms with Crippen molar-refractivity contribution in [2.45, 2.75) is 25.7 Å². The van der Waals surface area contributed by atoms with Crippen molar-refractivity contribution in [1.29, 1.82) is 0 Å². The molecule has 2 unspecified atom stereocenters. The Morgan fingerprint density at radius 1 is 1.42 bits per heavy atom.